The average molecular weight is 460 g/mol. The molecule has 0 spiro atoms. The zero-order valence-electron chi connectivity index (χ0n) is 13.9. The molecule has 2 aromatic carbocycles. The van der Waals surface area contributed by atoms with Gasteiger partial charge in [0.05, 0.1) is 4.21 Å². The van der Waals surface area contributed by atoms with Crippen LogP contribution in [-0.2, 0) is 4.79 Å². The molecule has 3 rings (SSSR count). The summed E-state index contributed by atoms with van der Waals surface area (Å²) in [7, 11) is 0. The minimum Gasteiger partial charge on any atom is -0.477 e. The van der Waals surface area contributed by atoms with E-state index < -0.39 is 11.9 Å². The van der Waals surface area contributed by atoms with Crippen LogP contribution in [0.4, 0.5) is 0 Å². The number of nitrogens with one attached hydrogen (secondary N) is 1. The lowest BCUT2D eigenvalue weighted by molar-refractivity contribution is -0.132. The molecule has 2 N–H and O–H groups in total. The second-order valence-electron chi connectivity index (χ2n) is 5.37. The highest BCUT2D eigenvalue weighted by Gasteiger charge is 2.14. The molecule has 0 aliphatic carbocycles. The Morgan fingerprint density at radius 2 is 1.70 bits per heavy atom. The lowest BCUT2D eigenvalue weighted by Crippen LogP contribution is -2.27. The highest BCUT2D eigenvalue weighted by atomic mass is 79.9. The van der Waals surface area contributed by atoms with Gasteiger partial charge in [-0.15, -0.1) is 11.3 Å². The van der Waals surface area contributed by atoms with Crippen LogP contribution >= 0.6 is 39.0 Å². The Kier molecular flexibility index (Phi) is 6.49. The van der Waals surface area contributed by atoms with Crippen molar-refractivity contribution < 1.29 is 14.7 Å². The minimum atomic E-state index is -1.19. The summed E-state index contributed by atoms with van der Waals surface area (Å²) in [4.78, 5) is 25.6. The van der Waals surface area contributed by atoms with E-state index in [1.807, 2.05) is 36.4 Å². The maximum absolute atomic E-state index is 12.2. The van der Waals surface area contributed by atoms with Gasteiger partial charge in [-0.05, 0) is 58.4 Å². The van der Waals surface area contributed by atoms with Crippen LogP contribution in [0.25, 0.3) is 6.08 Å². The first-order chi connectivity index (χ1) is 13.0. The van der Waals surface area contributed by atoms with E-state index in [9.17, 15) is 14.7 Å². The van der Waals surface area contributed by atoms with Crippen LogP contribution in [0.2, 0.25) is 0 Å². The summed E-state index contributed by atoms with van der Waals surface area (Å²) in [5, 5.41) is 11.9. The van der Waals surface area contributed by atoms with Crippen LogP contribution in [-0.4, -0.2) is 17.0 Å². The second kappa shape index (κ2) is 9.03. The van der Waals surface area contributed by atoms with Gasteiger partial charge in [0.1, 0.15) is 5.70 Å². The number of amides is 1. The number of aliphatic carboxylic acids is 1. The lowest BCUT2D eigenvalue weighted by atomic mass is 10.2. The van der Waals surface area contributed by atoms with E-state index in [0.29, 0.717) is 5.56 Å². The Morgan fingerprint density at radius 1 is 1.00 bits per heavy atom. The van der Waals surface area contributed by atoms with E-state index >= 15 is 0 Å². The number of rotatable bonds is 6. The lowest BCUT2D eigenvalue weighted by Gasteiger charge is -2.05. The first kappa shape index (κ1) is 19.4. The Bertz CT molecular complexity index is 999. The molecule has 0 aliphatic rings. The number of carboxylic acids is 1. The number of carbonyl (C=O) groups excluding carboxylic acids is 1. The molecule has 4 nitrogen and oxygen atoms in total. The molecule has 1 amide bonds. The molecule has 1 aromatic heterocycles. The molecule has 0 saturated carbocycles. The van der Waals surface area contributed by atoms with Gasteiger partial charge < -0.3 is 10.4 Å². The summed E-state index contributed by atoms with van der Waals surface area (Å²) in [5.41, 5.74) is 0.240. The van der Waals surface area contributed by atoms with Crippen molar-refractivity contribution in [3.63, 3.8) is 0 Å². The maximum atomic E-state index is 12.2. The molecule has 136 valence electrons. The maximum Gasteiger partial charge on any atom is 0.352 e. The van der Waals surface area contributed by atoms with Gasteiger partial charge in [0, 0.05) is 19.8 Å². The van der Waals surface area contributed by atoms with Crippen molar-refractivity contribution >= 4 is 57.0 Å². The third-order valence-electron chi connectivity index (χ3n) is 3.45. The van der Waals surface area contributed by atoms with Gasteiger partial charge in [0.25, 0.3) is 5.91 Å². The highest BCUT2D eigenvalue weighted by molar-refractivity contribution is 9.10. The molecule has 0 atom stereocenters. The van der Waals surface area contributed by atoms with Gasteiger partial charge in [-0.3, -0.25) is 4.79 Å². The summed E-state index contributed by atoms with van der Waals surface area (Å²) in [6, 6.07) is 20.2. The Hall–Kier alpha value is -2.35. The van der Waals surface area contributed by atoms with E-state index in [1.54, 1.807) is 42.1 Å². The van der Waals surface area contributed by atoms with Crippen LogP contribution in [0.15, 0.2) is 86.0 Å². The van der Waals surface area contributed by atoms with Gasteiger partial charge in [0.15, 0.2) is 0 Å². The van der Waals surface area contributed by atoms with Crippen LogP contribution in [0.1, 0.15) is 15.2 Å². The van der Waals surface area contributed by atoms with E-state index in [1.165, 1.54) is 17.4 Å². The first-order valence-corrected chi connectivity index (χ1v) is 10.3. The van der Waals surface area contributed by atoms with Crippen molar-refractivity contribution in [2.24, 2.45) is 0 Å². The summed E-state index contributed by atoms with van der Waals surface area (Å²) in [5.74, 6) is -1.64. The fourth-order valence-corrected chi connectivity index (χ4v) is 4.78. The number of benzene rings is 2. The van der Waals surface area contributed by atoms with Crippen molar-refractivity contribution in [1.29, 1.82) is 0 Å². The molecule has 0 fully saturated rings. The molecule has 3 aromatic rings. The SMILES string of the molecule is O=C(O)/C(=C\c1ccc(Sc2ccccc2Br)s1)NC(=O)c1ccccc1. The van der Waals surface area contributed by atoms with Gasteiger partial charge in [-0.2, -0.15) is 0 Å². The topological polar surface area (TPSA) is 66.4 Å². The van der Waals surface area contributed by atoms with Crippen LogP contribution < -0.4 is 5.32 Å². The van der Waals surface area contributed by atoms with Crippen molar-refractivity contribution in [3.05, 3.63) is 87.3 Å². The molecule has 0 aliphatic heterocycles. The molecule has 1 heterocycles. The molecule has 0 saturated heterocycles. The number of carboxylic acid groups (broad SMARTS) is 1. The van der Waals surface area contributed by atoms with E-state index in [-0.39, 0.29) is 5.70 Å². The predicted octanol–water partition coefficient (Wildman–Crippen LogP) is 5.52. The molecule has 27 heavy (non-hydrogen) atoms. The van der Waals surface area contributed by atoms with Crippen molar-refractivity contribution in [2.75, 3.05) is 0 Å². The molecule has 7 heteroatoms. The fourth-order valence-electron chi connectivity index (χ4n) is 2.18. The van der Waals surface area contributed by atoms with E-state index in [4.69, 9.17) is 0 Å². The third kappa shape index (κ3) is 5.32. The average Bonchev–Trinajstić information content (AvgIpc) is 3.10. The number of halogens is 1. The zero-order valence-corrected chi connectivity index (χ0v) is 17.1. The minimum absolute atomic E-state index is 0.164. The molecular formula is C20H14BrNO3S2. The third-order valence-corrected chi connectivity index (χ3v) is 6.64. The molecule has 0 unspecified atom stereocenters. The fraction of sp³-hybridized carbons (Fsp3) is 0. The van der Waals surface area contributed by atoms with E-state index in [0.717, 1.165) is 18.5 Å². The standard InChI is InChI=1S/C20H14BrNO3S2/c21-15-8-4-5-9-17(15)27-18-11-10-14(26-18)12-16(20(24)25)22-19(23)13-6-2-1-3-7-13/h1-12H,(H,22,23)(H,24,25)/b16-12+. The van der Waals surface area contributed by atoms with Gasteiger partial charge >= 0.3 is 5.97 Å². The van der Waals surface area contributed by atoms with Crippen LogP contribution in [0.5, 0.6) is 0 Å². The number of hydrogen-bond acceptors (Lipinski definition) is 4. The Morgan fingerprint density at radius 3 is 2.41 bits per heavy atom. The highest BCUT2D eigenvalue weighted by Crippen LogP contribution is 2.37. The monoisotopic (exact) mass is 459 g/mol. The van der Waals surface area contributed by atoms with Gasteiger partial charge in [-0.25, -0.2) is 4.79 Å². The van der Waals surface area contributed by atoms with Crippen molar-refractivity contribution in [3.8, 4) is 0 Å². The van der Waals surface area contributed by atoms with Gasteiger partial charge in [0.2, 0.25) is 0 Å². The summed E-state index contributed by atoms with van der Waals surface area (Å²) >= 11 is 6.56. The van der Waals surface area contributed by atoms with Crippen LogP contribution in [0.3, 0.4) is 0 Å². The Labute approximate surface area is 173 Å². The molecular weight excluding hydrogens is 446 g/mol. The van der Waals surface area contributed by atoms with E-state index in [2.05, 4.69) is 21.2 Å². The quantitative estimate of drug-likeness (QED) is 0.476. The predicted molar refractivity (Wildman–Crippen MR) is 112 cm³/mol. The summed E-state index contributed by atoms with van der Waals surface area (Å²) < 4.78 is 2.02. The summed E-state index contributed by atoms with van der Waals surface area (Å²) in [6.45, 7) is 0. The number of thiophene rings is 1. The van der Waals surface area contributed by atoms with Crippen molar-refractivity contribution in [2.45, 2.75) is 9.10 Å². The number of carbonyl (C=O) groups is 2. The van der Waals surface area contributed by atoms with Crippen molar-refractivity contribution in [1.82, 2.24) is 5.32 Å². The normalized spacial score (nSPS) is 11.2. The number of hydrogen-bond donors (Lipinski definition) is 2. The Balaban J connectivity index is 1.77. The van der Waals surface area contributed by atoms with Gasteiger partial charge in [-0.1, -0.05) is 42.1 Å². The smallest absolute Gasteiger partial charge is 0.352 e. The molecule has 0 bridgehead atoms. The zero-order chi connectivity index (χ0) is 19.2. The second-order valence-corrected chi connectivity index (χ2v) is 8.68. The first-order valence-electron chi connectivity index (χ1n) is 7.86. The van der Waals surface area contributed by atoms with Crippen LogP contribution in [0, 0.1) is 0 Å². The largest absolute Gasteiger partial charge is 0.477 e. The molecule has 0 radical (unpaired) electrons. The summed E-state index contributed by atoms with van der Waals surface area (Å²) in [6.07, 6.45) is 1.47.